The van der Waals surface area contributed by atoms with Gasteiger partial charge in [0.25, 0.3) is 0 Å². The summed E-state index contributed by atoms with van der Waals surface area (Å²) < 4.78 is 53.8. The van der Waals surface area contributed by atoms with Crippen molar-refractivity contribution in [2.24, 2.45) is 0 Å². The third-order valence-electron chi connectivity index (χ3n) is 3.42. The monoisotopic (exact) mass is 325 g/mol. The highest BCUT2D eigenvalue weighted by Gasteiger charge is 2.23. The molecule has 0 fully saturated rings. The van der Waals surface area contributed by atoms with Crippen molar-refractivity contribution >= 4 is 10.0 Å². The third-order valence-corrected chi connectivity index (χ3v) is 4.97. The van der Waals surface area contributed by atoms with Gasteiger partial charge < -0.3 is 0 Å². The summed E-state index contributed by atoms with van der Waals surface area (Å²) in [6.45, 7) is 5.43. The molecule has 3 nitrogen and oxygen atoms in total. The Morgan fingerprint density at radius 2 is 1.73 bits per heavy atom. The molecule has 0 aliphatic rings. The van der Waals surface area contributed by atoms with Crippen molar-refractivity contribution in [1.29, 1.82) is 0 Å². The molecule has 2 aromatic carbocycles. The smallest absolute Gasteiger partial charge is 0.207 e. The number of aryl methyl sites for hydroxylation is 2. The molecule has 0 aromatic heterocycles. The number of nitrogens with one attached hydrogen (secondary N) is 1. The first-order valence-corrected chi connectivity index (χ1v) is 8.23. The molecule has 0 aliphatic carbocycles. The van der Waals surface area contributed by atoms with Crippen molar-refractivity contribution in [1.82, 2.24) is 4.72 Å². The predicted molar refractivity (Wildman–Crippen MR) is 81.0 cm³/mol. The Kier molecular flexibility index (Phi) is 4.63. The molecule has 0 heterocycles. The zero-order valence-corrected chi connectivity index (χ0v) is 13.3. The SMILES string of the molecule is Cc1ccc(C)c(C(C)NS(=O)(=O)c2cc(F)ccc2F)c1. The molecule has 6 heteroatoms. The second kappa shape index (κ2) is 6.14. The minimum absolute atomic E-state index is 0.562. The van der Waals surface area contributed by atoms with E-state index in [0.29, 0.717) is 6.07 Å². The number of halogens is 2. The predicted octanol–water partition coefficient (Wildman–Crippen LogP) is 3.62. The highest BCUT2D eigenvalue weighted by Crippen LogP contribution is 2.23. The lowest BCUT2D eigenvalue weighted by Crippen LogP contribution is -2.28. The summed E-state index contributed by atoms with van der Waals surface area (Å²) in [6.07, 6.45) is 0. The largest absolute Gasteiger partial charge is 0.244 e. The van der Waals surface area contributed by atoms with Gasteiger partial charge in [0.1, 0.15) is 16.5 Å². The van der Waals surface area contributed by atoms with Crippen LogP contribution in [-0.4, -0.2) is 8.42 Å². The van der Waals surface area contributed by atoms with Crippen LogP contribution >= 0.6 is 0 Å². The maximum Gasteiger partial charge on any atom is 0.244 e. The van der Waals surface area contributed by atoms with E-state index in [9.17, 15) is 17.2 Å². The van der Waals surface area contributed by atoms with Gasteiger partial charge in [-0.05, 0) is 50.1 Å². The zero-order valence-electron chi connectivity index (χ0n) is 12.5. The summed E-state index contributed by atoms with van der Waals surface area (Å²) in [5.74, 6) is -1.79. The van der Waals surface area contributed by atoms with Gasteiger partial charge in [0.05, 0.1) is 0 Å². The van der Waals surface area contributed by atoms with Crippen LogP contribution in [0.4, 0.5) is 8.78 Å². The molecule has 0 saturated carbocycles. The van der Waals surface area contributed by atoms with Gasteiger partial charge in [-0.25, -0.2) is 21.9 Å². The molecule has 0 saturated heterocycles. The molecule has 0 radical (unpaired) electrons. The van der Waals surface area contributed by atoms with Gasteiger partial charge in [-0.15, -0.1) is 0 Å². The van der Waals surface area contributed by atoms with Crippen LogP contribution in [0.15, 0.2) is 41.3 Å². The van der Waals surface area contributed by atoms with Gasteiger partial charge in [0.2, 0.25) is 10.0 Å². The summed E-state index contributed by atoms with van der Waals surface area (Å²) in [5, 5.41) is 0. The first kappa shape index (κ1) is 16.6. The lowest BCUT2D eigenvalue weighted by molar-refractivity contribution is 0.538. The molecule has 1 atom stereocenters. The fraction of sp³-hybridized carbons (Fsp3) is 0.250. The van der Waals surface area contributed by atoms with E-state index >= 15 is 0 Å². The maximum absolute atomic E-state index is 13.7. The van der Waals surface area contributed by atoms with Crippen LogP contribution in [0, 0.1) is 25.5 Å². The van der Waals surface area contributed by atoms with Crippen LogP contribution in [0.5, 0.6) is 0 Å². The first-order chi connectivity index (χ1) is 10.2. The van der Waals surface area contributed by atoms with Crippen molar-refractivity contribution < 1.29 is 17.2 Å². The standard InChI is InChI=1S/C16H17F2NO2S/c1-10-4-5-11(2)14(8-10)12(3)19-22(20,21)16-9-13(17)6-7-15(16)18/h4-9,12,19H,1-3H3. The van der Waals surface area contributed by atoms with Crippen molar-refractivity contribution in [3.05, 3.63) is 64.7 Å². The molecular weight excluding hydrogens is 308 g/mol. The van der Waals surface area contributed by atoms with E-state index < -0.39 is 32.6 Å². The third kappa shape index (κ3) is 3.51. The van der Waals surface area contributed by atoms with Crippen molar-refractivity contribution in [2.75, 3.05) is 0 Å². The quantitative estimate of drug-likeness (QED) is 0.933. The highest BCUT2D eigenvalue weighted by atomic mass is 32.2. The molecule has 0 bridgehead atoms. The fourth-order valence-corrected chi connectivity index (χ4v) is 3.58. The van der Waals surface area contributed by atoms with E-state index in [1.165, 1.54) is 0 Å². The molecule has 22 heavy (non-hydrogen) atoms. The van der Waals surface area contributed by atoms with Crippen LogP contribution in [0.25, 0.3) is 0 Å². The number of sulfonamides is 1. The molecule has 2 aromatic rings. The van der Waals surface area contributed by atoms with E-state index in [4.69, 9.17) is 0 Å². The summed E-state index contributed by atoms with van der Waals surface area (Å²) >= 11 is 0. The number of benzene rings is 2. The van der Waals surface area contributed by atoms with Crippen molar-refractivity contribution in [3.63, 3.8) is 0 Å². The van der Waals surface area contributed by atoms with Crippen LogP contribution in [0.2, 0.25) is 0 Å². The van der Waals surface area contributed by atoms with E-state index in [2.05, 4.69) is 4.72 Å². The lowest BCUT2D eigenvalue weighted by Gasteiger charge is -2.17. The highest BCUT2D eigenvalue weighted by molar-refractivity contribution is 7.89. The summed E-state index contributed by atoms with van der Waals surface area (Å²) in [7, 11) is -4.16. The van der Waals surface area contributed by atoms with Crippen molar-refractivity contribution in [2.45, 2.75) is 31.7 Å². The molecular formula is C16H17F2NO2S. The molecule has 0 aliphatic heterocycles. The summed E-state index contributed by atoms with van der Waals surface area (Å²) in [5.41, 5.74) is 2.70. The Morgan fingerprint density at radius 3 is 2.41 bits per heavy atom. The van der Waals surface area contributed by atoms with Crippen molar-refractivity contribution in [3.8, 4) is 0 Å². The second-order valence-electron chi connectivity index (χ2n) is 5.28. The molecule has 0 amide bonds. The van der Waals surface area contributed by atoms with E-state index in [-0.39, 0.29) is 0 Å². The van der Waals surface area contributed by atoms with Gasteiger partial charge in [-0.3, -0.25) is 0 Å². The van der Waals surface area contributed by atoms with Gasteiger partial charge in [0.15, 0.2) is 0 Å². The second-order valence-corrected chi connectivity index (χ2v) is 6.96. The van der Waals surface area contributed by atoms with Crippen LogP contribution in [-0.2, 0) is 10.0 Å². The molecule has 0 spiro atoms. The minimum Gasteiger partial charge on any atom is -0.207 e. The average Bonchev–Trinajstić information content (AvgIpc) is 2.43. The average molecular weight is 325 g/mol. The maximum atomic E-state index is 13.7. The number of hydrogen-bond acceptors (Lipinski definition) is 2. The Hall–Kier alpha value is -1.79. The van der Waals surface area contributed by atoms with Crippen LogP contribution in [0.3, 0.4) is 0 Å². The number of hydrogen-bond donors (Lipinski definition) is 1. The number of rotatable bonds is 4. The Bertz CT molecular complexity index is 804. The van der Waals surface area contributed by atoms with Gasteiger partial charge in [0, 0.05) is 6.04 Å². The van der Waals surface area contributed by atoms with E-state index in [1.807, 2.05) is 32.0 Å². The fourth-order valence-electron chi connectivity index (χ4n) is 2.27. The Balaban J connectivity index is 2.36. The van der Waals surface area contributed by atoms with Gasteiger partial charge in [-0.1, -0.05) is 23.8 Å². The van der Waals surface area contributed by atoms with E-state index in [1.54, 1.807) is 6.92 Å². The van der Waals surface area contributed by atoms with E-state index in [0.717, 1.165) is 28.8 Å². The van der Waals surface area contributed by atoms with Crippen LogP contribution in [0.1, 0.15) is 29.7 Å². The Labute approximate surface area is 129 Å². The van der Waals surface area contributed by atoms with Gasteiger partial charge in [-0.2, -0.15) is 0 Å². The van der Waals surface area contributed by atoms with Gasteiger partial charge >= 0.3 is 0 Å². The Morgan fingerprint density at radius 1 is 1.05 bits per heavy atom. The molecule has 118 valence electrons. The summed E-state index contributed by atoms with van der Waals surface area (Å²) in [4.78, 5) is -0.690. The normalized spacial score (nSPS) is 13.1. The first-order valence-electron chi connectivity index (χ1n) is 6.75. The topological polar surface area (TPSA) is 46.2 Å². The summed E-state index contributed by atoms with van der Waals surface area (Å²) in [6, 6.07) is 7.46. The molecule has 1 unspecified atom stereocenters. The van der Waals surface area contributed by atoms with Crippen LogP contribution < -0.4 is 4.72 Å². The lowest BCUT2D eigenvalue weighted by atomic mass is 10.0. The zero-order chi connectivity index (χ0) is 16.5. The molecule has 2 rings (SSSR count). The molecule has 1 N–H and O–H groups in total. The minimum atomic E-state index is -4.16.